The average molecular weight is 356 g/mol. The quantitative estimate of drug-likeness (QED) is 0.600. The van der Waals surface area contributed by atoms with Crippen molar-refractivity contribution in [3.8, 4) is 0 Å². The van der Waals surface area contributed by atoms with Crippen molar-refractivity contribution in [2.75, 3.05) is 11.9 Å². The molecule has 1 aromatic heterocycles. The molecule has 0 aliphatic carbocycles. The van der Waals surface area contributed by atoms with E-state index in [4.69, 9.17) is 0 Å². The maximum absolute atomic E-state index is 11.1. The molecule has 5 nitrogen and oxygen atoms in total. The first-order valence-electron chi connectivity index (χ1n) is 6.10. The third kappa shape index (κ3) is 3.34. The summed E-state index contributed by atoms with van der Waals surface area (Å²) in [5.74, 6) is 0. The predicted octanol–water partition coefficient (Wildman–Crippen LogP) is 4.01. The molecule has 0 amide bonds. The molecule has 0 fully saturated rings. The highest BCUT2D eigenvalue weighted by molar-refractivity contribution is 9.10. The fraction of sp³-hybridized carbons (Fsp3) is 0.308. The molecule has 0 N–H and O–H groups in total. The van der Waals surface area contributed by atoms with E-state index in [1.807, 2.05) is 18.1 Å². The van der Waals surface area contributed by atoms with Crippen LogP contribution in [0, 0.1) is 10.1 Å². The van der Waals surface area contributed by atoms with Gasteiger partial charge in [-0.05, 0) is 18.6 Å². The van der Waals surface area contributed by atoms with Gasteiger partial charge in [-0.2, -0.15) is 0 Å². The van der Waals surface area contributed by atoms with Gasteiger partial charge in [0.2, 0.25) is 0 Å². The van der Waals surface area contributed by atoms with E-state index >= 15 is 0 Å². The molecule has 2 aromatic rings. The van der Waals surface area contributed by atoms with Crippen LogP contribution in [0.4, 0.5) is 11.4 Å². The van der Waals surface area contributed by atoms with Gasteiger partial charge in [0.15, 0.2) is 0 Å². The molecule has 0 atom stereocenters. The summed E-state index contributed by atoms with van der Waals surface area (Å²) in [4.78, 5) is 18.1. The van der Waals surface area contributed by atoms with Gasteiger partial charge in [-0.3, -0.25) is 10.1 Å². The molecule has 0 radical (unpaired) electrons. The molecule has 0 bridgehead atoms. The molecule has 0 aliphatic heterocycles. The topological polar surface area (TPSA) is 59.3 Å². The molecule has 1 aromatic carbocycles. The predicted molar refractivity (Wildman–Crippen MR) is 84.4 cm³/mol. The van der Waals surface area contributed by atoms with E-state index in [9.17, 15) is 10.1 Å². The molecule has 7 heteroatoms. The van der Waals surface area contributed by atoms with Crippen LogP contribution in [0.3, 0.4) is 0 Å². The van der Waals surface area contributed by atoms with Gasteiger partial charge in [0.25, 0.3) is 5.69 Å². The highest BCUT2D eigenvalue weighted by atomic mass is 79.9. The van der Waals surface area contributed by atoms with Crippen molar-refractivity contribution in [3.63, 3.8) is 0 Å². The number of rotatable bonds is 5. The second-order valence-electron chi connectivity index (χ2n) is 4.32. The van der Waals surface area contributed by atoms with Crippen LogP contribution in [0.5, 0.6) is 0 Å². The number of benzene rings is 1. The summed E-state index contributed by atoms with van der Waals surface area (Å²) in [6.45, 7) is 2.64. The van der Waals surface area contributed by atoms with Crippen molar-refractivity contribution in [2.24, 2.45) is 0 Å². The fourth-order valence-corrected chi connectivity index (χ4v) is 3.09. The molecule has 106 valence electrons. The van der Waals surface area contributed by atoms with Crippen molar-refractivity contribution in [1.29, 1.82) is 0 Å². The Hall–Kier alpha value is -1.47. The minimum atomic E-state index is -0.363. The Kier molecular flexibility index (Phi) is 4.72. The second kappa shape index (κ2) is 6.32. The number of thiazole rings is 1. The SMILES string of the molecule is CCc1cnc(CN(C)c2cc(Br)ccc2[N+](=O)[O-])s1. The highest BCUT2D eigenvalue weighted by Crippen LogP contribution is 2.31. The maximum Gasteiger partial charge on any atom is 0.292 e. The number of anilines is 1. The molecule has 2 rings (SSSR count). The van der Waals surface area contributed by atoms with E-state index in [-0.39, 0.29) is 10.6 Å². The van der Waals surface area contributed by atoms with E-state index in [0.717, 1.165) is 15.9 Å². The Balaban J connectivity index is 2.26. The average Bonchev–Trinajstić information content (AvgIpc) is 2.85. The van der Waals surface area contributed by atoms with E-state index < -0.39 is 0 Å². The van der Waals surface area contributed by atoms with Gasteiger partial charge in [-0.25, -0.2) is 4.98 Å². The molecule has 0 aliphatic rings. The smallest absolute Gasteiger partial charge is 0.292 e. The minimum absolute atomic E-state index is 0.1000. The number of nitrogens with zero attached hydrogens (tertiary/aromatic N) is 3. The summed E-state index contributed by atoms with van der Waals surface area (Å²) in [5, 5.41) is 12.0. The van der Waals surface area contributed by atoms with Crippen molar-refractivity contribution >= 4 is 38.6 Å². The summed E-state index contributed by atoms with van der Waals surface area (Å²) < 4.78 is 0.818. The molecule has 0 saturated carbocycles. The Morgan fingerprint density at radius 2 is 2.25 bits per heavy atom. The zero-order valence-corrected chi connectivity index (χ0v) is 13.6. The Morgan fingerprint density at radius 3 is 2.85 bits per heavy atom. The number of aromatic nitrogens is 1. The van der Waals surface area contributed by atoms with E-state index in [1.54, 1.807) is 23.5 Å². The molecule has 0 saturated heterocycles. The number of nitro groups is 1. The highest BCUT2D eigenvalue weighted by Gasteiger charge is 2.18. The number of hydrogen-bond donors (Lipinski definition) is 0. The Labute approximate surface area is 129 Å². The lowest BCUT2D eigenvalue weighted by molar-refractivity contribution is -0.384. The van der Waals surface area contributed by atoms with Crippen LogP contribution in [0.15, 0.2) is 28.9 Å². The standard InChI is InChI=1S/C13H14BrN3O2S/c1-3-10-7-15-13(20-10)8-16(2)12-6-9(14)4-5-11(12)17(18)19/h4-7H,3,8H2,1-2H3. The Bertz CT molecular complexity index is 630. The van der Waals surface area contributed by atoms with Crippen molar-refractivity contribution in [1.82, 2.24) is 4.98 Å². The Morgan fingerprint density at radius 1 is 1.50 bits per heavy atom. The number of hydrogen-bond acceptors (Lipinski definition) is 5. The lowest BCUT2D eigenvalue weighted by atomic mass is 10.2. The van der Waals surface area contributed by atoms with Crippen LogP contribution in [-0.2, 0) is 13.0 Å². The second-order valence-corrected chi connectivity index (χ2v) is 6.44. The van der Waals surface area contributed by atoms with E-state index in [1.165, 1.54) is 10.9 Å². The van der Waals surface area contributed by atoms with Crippen LogP contribution >= 0.6 is 27.3 Å². The third-order valence-electron chi connectivity index (χ3n) is 2.87. The molecular formula is C13H14BrN3O2S. The number of nitro benzene ring substituents is 1. The third-order valence-corrected chi connectivity index (χ3v) is 4.49. The largest absolute Gasteiger partial charge is 0.362 e. The van der Waals surface area contributed by atoms with E-state index in [0.29, 0.717) is 12.2 Å². The number of aryl methyl sites for hydroxylation is 1. The first-order chi connectivity index (χ1) is 9.51. The van der Waals surface area contributed by atoms with Gasteiger partial charge in [-0.1, -0.05) is 22.9 Å². The first-order valence-corrected chi connectivity index (χ1v) is 7.71. The van der Waals surface area contributed by atoms with E-state index in [2.05, 4.69) is 27.8 Å². The lowest BCUT2D eigenvalue weighted by Crippen LogP contribution is -2.17. The van der Waals surface area contributed by atoms with Gasteiger partial charge in [-0.15, -0.1) is 11.3 Å². The van der Waals surface area contributed by atoms with Gasteiger partial charge < -0.3 is 4.90 Å². The van der Waals surface area contributed by atoms with Crippen molar-refractivity contribution in [3.05, 3.63) is 48.9 Å². The number of halogens is 1. The molecule has 20 heavy (non-hydrogen) atoms. The van der Waals surface area contributed by atoms with Crippen LogP contribution in [-0.4, -0.2) is 17.0 Å². The van der Waals surface area contributed by atoms with Crippen LogP contribution < -0.4 is 4.90 Å². The van der Waals surface area contributed by atoms with Gasteiger partial charge in [0, 0.05) is 28.7 Å². The maximum atomic E-state index is 11.1. The molecule has 1 heterocycles. The minimum Gasteiger partial charge on any atom is -0.362 e. The normalized spacial score (nSPS) is 10.6. The summed E-state index contributed by atoms with van der Waals surface area (Å²) in [5.41, 5.74) is 0.681. The van der Waals surface area contributed by atoms with Crippen LogP contribution in [0.25, 0.3) is 0 Å². The summed E-state index contributed by atoms with van der Waals surface area (Å²) in [6, 6.07) is 4.94. The summed E-state index contributed by atoms with van der Waals surface area (Å²) in [6.07, 6.45) is 2.82. The monoisotopic (exact) mass is 355 g/mol. The van der Waals surface area contributed by atoms with Crippen LogP contribution in [0.1, 0.15) is 16.8 Å². The van der Waals surface area contributed by atoms with Crippen LogP contribution in [0.2, 0.25) is 0 Å². The first kappa shape index (κ1) is 14.9. The van der Waals surface area contributed by atoms with Gasteiger partial charge in [0.1, 0.15) is 10.7 Å². The van der Waals surface area contributed by atoms with Crippen molar-refractivity contribution < 1.29 is 4.92 Å². The molecule has 0 unspecified atom stereocenters. The lowest BCUT2D eigenvalue weighted by Gasteiger charge is -2.18. The summed E-state index contributed by atoms with van der Waals surface area (Å²) in [7, 11) is 1.84. The molecule has 0 spiro atoms. The van der Waals surface area contributed by atoms with Gasteiger partial charge in [0.05, 0.1) is 11.5 Å². The summed E-state index contributed by atoms with van der Waals surface area (Å²) >= 11 is 4.99. The van der Waals surface area contributed by atoms with Crippen molar-refractivity contribution in [2.45, 2.75) is 19.9 Å². The zero-order valence-electron chi connectivity index (χ0n) is 11.2. The van der Waals surface area contributed by atoms with Gasteiger partial charge >= 0.3 is 0 Å². The molecular weight excluding hydrogens is 342 g/mol. The zero-order chi connectivity index (χ0) is 14.7. The fourth-order valence-electron chi connectivity index (χ4n) is 1.83.